The average molecular weight is 702 g/mol. The first kappa shape index (κ1) is 23.8. The first-order valence-electron chi connectivity index (χ1n) is 6.73. The van der Waals surface area contributed by atoms with Crippen molar-refractivity contribution < 1.29 is 9.59 Å². The Kier molecular flexibility index (Phi) is 12.4. The van der Waals surface area contributed by atoms with Gasteiger partial charge in [-0.2, -0.15) is 0 Å². The van der Waals surface area contributed by atoms with Gasteiger partial charge in [0.25, 0.3) is 11.8 Å². The van der Waals surface area contributed by atoms with Crippen LogP contribution in [0.3, 0.4) is 0 Å². The Morgan fingerprint density at radius 2 is 1.23 bits per heavy atom. The van der Waals surface area contributed by atoms with Gasteiger partial charge in [-0.15, -0.1) is 0 Å². The quantitative estimate of drug-likeness (QED) is 0.197. The van der Waals surface area contributed by atoms with Crippen LogP contribution in [-0.2, 0) is 9.59 Å². The molecule has 4 nitrogen and oxygen atoms in total. The van der Waals surface area contributed by atoms with Crippen LogP contribution in [0, 0.1) is 0 Å². The number of halogens is 6. The zero-order valence-corrected chi connectivity index (χ0v) is 21.4. The molecule has 0 aliphatic heterocycles. The monoisotopic (exact) mass is 696 g/mol. The van der Waals surface area contributed by atoms with Gasteiger partial charge in [-0.3, -0.25) is 9.59 Å². The molecule has 0 aliphatic rings. The topological polar surface area (TPSA) is 58.2 Å². The van der Waals surface area contributed by atoms with Crippen LogP contribution in [0.25, 0.3) is 0 Å². The molecule has 0 unspecified atom stereocenters. The van der Waals surface area contributed by atoms with Gasteiger partial charge in [0.1, 0.15) is 6.17 Å². The summed E-state index contributed by atoms with van der Waals surface area (Å²) < 4.78 is -2.10. The van der Waals surface area contributed by atoms with Gasteiger partial charge in [0.15, 0.2) is 0 Å². The molecule has 22 heavy (non-hydrogen) atoms. The van der Waals surface area contributed by atoms with E-state index in [2.05, 4.69) is 113 Å². The van der Waals surface area contributed by atoms with Gasteiger partial charge >= 0.3 is 0 Å². The van der Waals surface area contributed by atoms with E-state index in [0.717, 1.165) is 19.3 Å². The normalized spacial score (nSPS) is 12.4. The van der Waals surface area contributed by atoms with Crippen molar-refractivity contribution in [3.63, 3.8) is 0 Å². The maximum Gasteiger partial charge on any atom is 0.260 e. The van der Waals surface area contributed by atoms with Crippen molar-refractivity contribution in [2.75, 3.05) is 0 Å². The number of hydrogen-bond donors (Lipinski definition) is 2. The fraction of sp³-hybridized carbons (Fsp3) is 0.833. The molecule has 0 rings (SSSR count). The average Bonchev–Trinajstić information content (AvgIpc) is 2.35. The molecule has 0 atom stereocenters. The molecule has 0 aromatic rings. The Hall–Kier alpha value is 1.82. The van der Waals surface area contributed by atoms with Crippen LogP contribution in [0.5, 0.6) is 0 Å². The van der Waals surface area contributed by atoms with Gasteiger partial charge in [-0.25, -0.2) is 0 Å². The number of hydrogen-bond acceptors (Lipinski definition) is 2. The number of rotatable bonds is 8. The SMILES string of the molecule is CCCCCCCC(NC(=O)C(Br)(Br)Br)NC(=O)C(Br)(Br)Br. The summed E-state index contributed by atoms with van der Waals surface area (Å²) in [5.41, 5.74) is 0. The molecule has 0 aromatic heterocycles. The summed E-state index contributed by atoms with van der Waals surface area (Å²) in [6.45, 7) is 2.16. The summed E-state index contributed by atoms with van der Waals surface area (Å²) in [6.07, 6.45) is 5.72. The summed E-state index contributed by atoms with van der Waals surface area (Å²) in [7, 11) is 0. The maximum atomic E-state index is 12.0. The van der Waals surface area contributed by atoms with Crippen LogP contribution in [0.1, 0.15) is 45.4 Å². The molecule has 2 amide bonds. The molecule has 0 heterocycles. The molecule has 0 saturated heterocycles. The van der Waals surface area contributed by atoms with Gasteiger partial charge in [0, 0.05) is 0 Å². The lowest BCUT2D eigenvalue weighted by Gasteiger charge is -2.24. The lowest BCUT2D eigenvalue weighted by atomic mass is 10.1. The second-order valence-corrected chi connectivity index (χ2v) is 18.2. The number of alkyl halides is 6. The van der Waals surface area contributed by atoms with E-state index >= 15 is 0 Å². The Morgan fingerprint density at radius 3 is 1.59 bits per heavy atom. The second-order valence-electron chi connectivity index (χ2n) is 4.70. The minimum Gasteiger partial charge on any atom is -0.333 e. The van der Waals surface area contributed by atoms with Crippen molar-refractivity contribution in [3.8, 4) is 0 Å². The molecule has 0 aliphatic carbocycles. The largest absolute Gasteiger partial charge is 0.333 e. The summed E-state index contributed by atoms with van der Waals surface area (Å²) in [6, 6.07) is 0. The zero-order valence-electron chi connectivity index (χ0n) is 11.9. The highest BCUT2D eigenvalue weighted by Gasteiger charge is 2.33. The Morgan fingerprint density at radius 1 is 0.818 bits per heavy atom. The van der Waals surface area contributed by atoms with Crippen molar-refractivity contribution >= 4 is 107 Å². The number of unbranched alkanes of at least 4 members (excludes halogenated alkanes) is 4. The van der Waals surface area contributed by atoms with Crippen molar-refractivity contribution in [1.29, 1.82) is 0 Å². The van der Waals surface area contributed by atoms with Crippen molar-refractivity contribution in [2.24, 2.45) is 0 Å². The Labute approximate surface area is 181 Å². The highest BCUT2D eigenvalue weighted by atomic mass is 80.0. The molecule has 0 spiro atoms. The summed E-state index contributed by atoms with van der Waals surface area (Å²) in [5, 5.41) is 5.55. The second kappa shape index (κ2) is 11.4. The van der Waals surface area contributed by atoms with E-state index < -0.39 is 10.5 Å². The standard InChI is InChI=1S/C12H18Br6N2O2/c1-2-3-4-5-6-7-8(19-9(21)11(13,14)15)20-10(22)12(16,17)18/h8H,2-7H2,1H3,(H,19,21)(H,20,22). The third-order valence-electron chi connectivity index (χ3n) is 2.72. The third-order valence-corrected chi connectivity index (χ3v) is 4.88. The van der Waals surface area contributed by atoms with Gasteiger partial charge < -0.3 is 10.6 Å². The van der Waals surface area contributed by atoms with Crippen LogP contribution >= 0.6 is 95.6 Å². The van der Waals surface area contributed by atoms with E-state index in [1.54, 1.807) is 0 Å². The third kappa shape index (κ3) is 11.4. The number of carbonyl (C=O) groups is 2. The van der Waals surface area contributed by atoms with Crippen LogP contribution < -0.4 is 10.6 Å². The maximum absolute atomic E-state index is 12.0. The van der Waals surface area contributed by atoms with Gasteiger partial charge in [-0.1, -0.05) is 32.6 Å². The molecule has 0 saturated carbocycles. The lowest BCUT2D eigenvalue weighted by Crippen LogP contribution is -2.52. The first-order valence-corrected chi connectivity index (χ1v) is 11.5. The number of amides is 2. The number of nitrogens with one attached hydrogen (secondary N) is 2. The Bertz CT molecular complexity index is 340. The van der Waals surface area contributed by atoms with Crippen LogP contribution in [0.4, 0.5) is 0 Å². The summed E-state index contributed by atoms with van der Waals surface area (Å²) in [5.74, 6) is -0.647. The van der Waals surface area contributed by atoms with Gasteiger partial charge in [0.2, 0.25) is 4.29 Å². The van der Waals surface area contributed by atoms with E-state index in [9.17, 15) is 9.59 Å². The van der Waals surface area contributed by atoms with E-state index in [1.165, 1.54) is 12.8 Å². The highest BCUT2D eigenvalue weighted by Crippen LogP contribution is 2.34. The summed E-state index contributed by atoms with van der Waals surface area (Å²) >= 11 is 19.0. The molecular formula is C12H18Br6N2O2. The molecule has 0 bridgehead atoms. The van der Waals surface area contributed by atoms with E-state index in [0.29, 0.717) is 6.42 Å². The van der Waals surface area contributed by atoms with E-state index in [4.69, 9.17) is 0 Å². The van der Waals surface area contributed by atoms with E-state index in [-0.39, 0.29) is 11.8 Å². The van der Waals surface area contributed by atoms with Crippen LogP contribution in [-0.4, -0.2) is 22.3 Å². The van der Waals surface area contributed by atoms with Gasteiger partial charge in [-0.05, 0) is 108 Å². The zero-order chi connectivity index (χ0) is 17.4. The fourth-order valence-electron chi connectivity index (χ4n) is 1.61. The Balaban J connectivity index is 4.56. The first-order chi connectivity index (χ1) is 9.98. The molecule has 130 valence electrons. The highest BCUT2D eigenvalue weighted by molar-refractivity contribution is 9.40. The summed E-state index contributed by atoms with van der Waals surface area (Å²) in [4.78, 5) is 24.0. The van der Waals surface area contributed by atoms with Crippen LogP contribution in [0.2, 0.25) is 0 Å². The van der Waals surface area contributed by atoms with Crippen molar-refractivity contribution in [2.45, 2.75) is 55.9 Å². The number of carbonyl (C=O) groups excluding carboxylic acids is 2. The predicted octanol–water partition coefficient (Wildman–Crippen LogP) is 5.58. The minimum absolute atomic E-state index is 0.323. The minimum atomic E-state index is -1.05. The smallest absolute Gasteiger partial charge is 0.260 e. The van der Waals surface area contributed by atoms with Crippen molar-refractivity contribution in [1.82, 2.24) is 10.6 Å². The van der Waals surface area contributed by atoms with Crippen LogP contribution in [0.15, 0.2) is 0 Å². The lowest BCUT2D eigenvalue weighted by molar-refractivity contribution is -0.122. The molecule has 10 heteroatoms. The fourth-order valence-corrected chi connectivity index (χ4v) is 2.30. The van der Waals surface area contributed by atoms with E-state index in [1.807, 2.05) is 0 Å². The molecule has 0 fully saturated rings. The molecule has 0 aromatic carbocycles. The molecule has 2 N–H and O–H groups in total. The molecular weight excluding hydrogens is 684 g/mol. The predicted molar refractivity (Wildman–Crippen MR) is 112 cm³/mol. The van der Waals surface area contributed by atoms with Crippen molar-refractivity contribution in [3.05, 3.63) is 0 Å². The molecule has 0 radical (unpaired) electrons. The van der Waals surface area contributed by atoms with Gasteiger partial charge in [0.05, 0.1) is 0 Å².